The summed E-state index contributed by atoms with van der Waals surface area (Å²) in [7, 11) is 0. The number of benzene rings is 1. The Morgan fingerprint density at radius 2 is 2.15 bits per heavy atom. The van der Waals surface area contributed by atoms with E-state index in [0.29, 0.717) is 12.1 Å². The zero-order chi connectivity index (χ0) is 14.4. The van der Waals surface area contributed by atoms with E-state index >= 15 is 0 Å². The second kappa shape index (κ2) is 7.39. The zero-order valence-corrected chi connectivity index (χ0v) is 11.5. The minimum atomic E-state index is -0.368. The highest BCUT2D eigenvalue weighted by Gasteiger charge is 2.21. The van der Waals surface area contributed by atoms with E-state index in [9.17, 15) is 9.50 Å². The first-order chi connectivity index (χ1) is 9.74. The molecule has 20 heavy (non-hydrogen) atoms. The Morgan fingerprint density at radius 3 is 2.90 bits per heavy atom. The molecule has 1 aliphatic heterocycles. The molecule has 0 amide bonds. The SMILES string of the molecule is OCC#Cc1cc(CN2CCCCC2CO)ccc1F. The molecule has 1 unspecified atom stereocenters. The molecular weight excluding hydrogens is 257 g/mol. The van der Waals surface area contributed by atoms with Gasteiger partial charge in [0.05, 0.1) is 12.2 Å². The van der Waals surface area contributed by atoms with E-state index in [0.717, 1.165) is 31.4 Å². The summed E-state index contributed by atoms with van der Waals surface area (Å²) in [6, 6.07) is 5.08. The number of aliphatic hydroxyl groups is 2. The van der Waals surface area contributed by atoms with Crippen LogP contribution in [0.2, 0.25) is 0 Å². The maximum atomic E-state index is 13.6. The molecule has 0 aliphatic carbocycles. The Hall–Kier alpha value is -1.41. The van der Waals surface area contributed by atoms with Crippen molar-refractivity contribution in [1.82, 2.24) is 4.90 Å². The van der Waals surface area contributed by atoms with Crippen molar-refractivity contribution in [3.63, 3.8) is 0 Å². The molecular formula is C16H20FNO2. The van der Waals surface area contributed by atoms with Gasteiger partial charge in [0.2, 0.25) is 0 Å². The highest BCUT2D eigenvalue weighted by atomic mass is 19.1. The molecule has 108 valence electrons. The van der Waals surface area contributed by atoms with Gasteiger partial charge in [-0.15, -0.1) is 0 Å². The van der Waals surface area contributed by atoms with Gasteiger partial charge in [-0.25, -0.2) is 4.39 Å². The Morgan fingerprint density at radius 1 is 1.30 bits per heavy atom. The quantitative estimate of drug-likeness (QED) is 0.823. The molecule has 1 aromatic rings. The highest BCUT2D eigenvalue weighted by molar-refractivity contribution is 5.38. The van der Waals surface area contributed by atoms with Gasteiger partial charge < -0.3 is 10.2 Å². The number of halogens is 1. The normalized spacial score (nSPS) is 19.4. The summed E-state index contributed by atoms with van der Waals surface area (Å²) in [5, 5.41) is 18.1. The smallest absolute Gasteiger partial charge is 0.138 e. The van der Waals surface area contributed by atoms with Gasteiger partial charge in [-0.3, -0.25) is 4.90 Å². The number of rotatable bonds is 3. The van der Waals surface area contributed by atoms with E-state index in [1.54, 1.807) is 12.1 Å². The minimum absolute atomic E-state index is 0.165. The average molecular weight is 277 g/mol. The topological polar surface area (TPSA) is 43.7 Å². The number of nitrogens with zero attached hydrogens (tertiary/aromatic N) is 1. The van der Waals surface area contributed by atoms with E-state index in [2.05, 4.69) is 16.7 Å². The average Bonchev–Trinajstić information content (AvgIpc) is 2.48. The maximum Gasteiger partial charge on any atom is 0.138 e. The van der Waals surface area contributed by atoms with Crippen molar-refractivity contribution in [2.45, 2.75) is 31.8 Å². The molecule has 1 heterocycles. The second-order valence-electron chi connectivity index (χ2n) is 5.08. The van der Waals surface area contributed by atoms with E-state index in [1.165, 1.54) is 6.07 Å². The molecule has 4 heteroatoms. The number of aliphatic hydroxyl groups excluding tert-OH is 2. The lowest BCUT2D eigenvalue weighted by molar-refractivity contribution is 0.0841. The third kappa shape index (κ3) is 3.80. The molecule has 0 spiro atoms. The van der Waals surface area contributed by atoms with Crippen LogP contribution in [0, 0.1) is 17.7 Å². The Labute approximate surface area is 119 Å². The van der Waals surface area contributed by atoms with Gasteiger partial charge in [0.1, 0.15) is 12.4 Å². The van der Waals surface area contributed by atoms with Gasteiger partial charge in [0.25, 0.3) is 0 Å². The van der Waals surface area contributed by atoms with Crippen molar-refractivity contribution in [2.24, 2.45) is 0 Å². The summed E-state index contributed by atoms with van der Waals surface area (Å²) >= 11 is 0. The van der Waals surface area contributed by atoms with Crippen molar-refractivity contribution < 1.29 is 14.6 Å². The first-order valence-corrected chi connectivity index (χ1v) is 6.97. The van der Waals surface area contributed by atoms with Crippen molar-refractivity contribution in [1.29, 1.82) is 0 Å². The summed E-state index contributed by atoms with van der Waals surface area (Å²) in [6.45, 7) is 1.54. The molecule has 1 aromatic carbocycles. The number of likely N-dealkylation sites (tertiary alicyclic amines) is 1. The molecule has 1 aliphatic rings. The van der Waals surface area contributed by atoms with Gasteiger partial charge in [-0.2, -0.15) is 0 Å². The van der Waals surface area contributed by atoms with Gasteiger partial charge in [-0.1, -0.05) is 24.3 Å². The second-order valence-corrected chi connectivity index (χ2v) is 5.08. The van der Waals surface area contributed by atoms with E-state index in [-0.39, 0.29) is 25.1 Å². The predicted octanol–water partition coefficient (Wildman–Crippen LogP) is 1.52. The van der Waals surface area contributed by atoms with Gasteiger partial charge in [0.15, 0.2) is 0 Å². The molecule has 2 N–H and O–H groups in total. The fraction of sp³-hybridized carbons (Fsp3) is 0.500. The fourth-order valence-electron chi connectivity index (χ4n) is 2.61. The molecule has 0 bridgehead atoms. The molecule has 1 fully saturated rings. The predicted molar refractivity (Wildman–Crippen MR) is 75.5 cm³/mol. The van der Waals surface area contributed by atoms with Crippen LogP contribution < -0.4 is 0 Å². The van der Waals surface area contributed by atoms with Crippen molar-refractivity contribution in [2.75, 3.05) is 19.8 Å². The van der Waals surface area contributed by atoms with Crippen LogP contribution in [0.1, 0.15) is 30.4 Å². The van der Waals surface area contributed by atoms with Gasteiger partial charge >= 0.3 is 0 Å². The van der Waals surface area contributed by atoms with Gasteiger partial charge in [0, 0.05) is 12.6 Å². The molecule has 3 nitrogen and oxygen atoms in total. The Kier molecular flexibility index (Phi) is 5.54. The first kappa shape index (κ1) is 15.0. The fourth-order valence-corrected chi connectivity index (χ4v) is 2.61. The molecule has 1 atom stereocenters. The Bertz CT molecular complexity index is 507. The number of piperidine rings is 1. The number of hydrogen-bond donors (Lipinski definition) is 2. The molecule has 0 radical (unpaired) electrons. The highest BCUT2D eigenvalue weighted by Crippen LogP contribution is 2.20. The van der Waals surface area contributed by atoms with E-state index < -0.39 is 0 Å². The summed E-state index contributed by atoms with van der Waals surface area (Å²) in [6.07, 6.45) is 3.29. The van der Waals surface area contributed by atoms with E-state index in [4.69, 9.17) is 5.11 Å². The monoisotopic (exact) mass is 277 g/mol. The lowest BCUT2D eigenvalue weighted by Gasteiger charge is -2.34. The summed E-state index contributed by atoms with van der Waals surface area (Å²) < 4.78 is 13.6. The number of hydrogen-bond acceptors (Lipinski definition) is 3. The standard InChI is InChI=1S/C16H20FNO2/c17-16-7-6-13(10-14(16)4-3-9-19)11-18-8-2-1-5-15(18)12-20/h6-7,10,15,19-20H,1-2,5,8-9,11-12H2. The third-order valence-electron chi connectivity index (χ3n) is 3.68. The van der Waals surface area contributed by atoms with Crippen molar-refractivity contribution in [3.8, 4) is 11.8 Å². The summed E-state index contributed by atoms with van der Waals surface area (Å²) in [5.41, 5.74) is 1.29. The zero-order valence-electron chi connectivity index (χ0n) is 11.5. The molecule has 2 rings (SSSR count). The van der Waals surface area contributed by atoms with Gasteiger partial charge in [-0.05, 0) is 37.1 Å². The lowest BCUT2D eigenvalue weighted by Crippen LogP contribution is -2.41. The summed E-state index contributed by atoms with van der Waals surface area (Å²) in [5.74, 6) is 4.72. The van der Waals surface area contributed by atoms with Crippen LogP contribution in [0.15, 0.2) is 18.2 Å². The third-order valence-corrected chi connectivity index (χ3v) is 3.68. The van der Waals surface area contributed by atoms with Crippen molar-refractivity contribution >= 4 is 0 Å². The molecule has 0 saturated carbocycles. The first-order valence-electron chi connectivity index (χ1n) is 6.97. The Balaban J connectivity index is 2.12. The lowest BCUT2D eigenvalue weighted by atomic mass is 10.0. The van der Waals surface area contributed by atoms with Crippen LogP contribution in [-0.4, -0.2) is 40.9 Å². The van der Waals surface area contributed by atoms with Crippen LogP contribution in [-0.2, 0) is 6.54 Å². The molecule has 1 saturated heterocycles. The molecule has 0 aromatic heterocycles. The summed E-state index contributed by atoms with van der Waals surface area (Å²) in [4.78, 5) is 2.24. The van der Waals surface area contributed by atoms with Crippen LogP contribution in [0.3, 0.4) is 0 Å². The maximum absolute atomic E-state index is 13.6. The van der Waals surface area contributed by atoms with Crippen LogP contribution in [0.25, 0.3) is 0 Å². The van der Waals surface area contributed by atoms with Crippen LogP contribution in [0.4, 0.5) is 4.39 Å². The van der Waals surface area contributed by atoms with Crippen LogP contribution >= 0.6 is 0 Å². The van der Waals surface area contributed by atoms with E-state index in [1.807, 2.05) is 0 Å². The van der Waals surface area contributed by atoms with Crippen molar-refractivity contribution in [3.05, 3.63) is 35.1 Å². The van der Waals surface area contributed by atoms with Crippen LogP contribution in [0.5, 0.6) is 0 Å². The minimum Gasteiger partial charge on any atom is -0.395 e. The largest absolute Gasteiger partial charge is 0.395 e.